The van der Waals surface area contributed by atoms with Gasteiger partial charge in [-0.1, -0.05) is 11.6 Å². The zero-order valence-electron chi connectivity index (χ0n) is 18.0. The highest BCUT2D eigenvalue weighted by molar-refractivity contribution is 7.89. The summed E-state index contributed by atoms with van der Waals surface area (Å²) in [6.45, 7) is 4.52. The largest absolute Gasteiger partial charge is 0.496 e. The SMILES string of the molecule is CCOCCCNS(=O)(=O)c1ccc(NC(=O)c2cc(Cl)c(NC(C)=O)cc2OC)cc1. The van der Waals surface area contributed by atoms with Gasteiger partial charge >= 0.3 is 0 Å². The van der Waals surface area contributed by atoms with E-state index in [1.807, 2.05) is 6.92 Å². The summed E-state index contributed by atoms with van der Waals surface area (Å²) in [6, 6.07) is 8.57. The second-order valence-electron chi connectivity index (χ2n) is 6.64. The maximum atomic E-state index is 12.7. The van der Waals surface area contributed by atoms with Crippen LogP contribution in [0.2, 0.25) is 5.02 Å². The normalized spacial score (nSPS) is 11.1. The van der Waals surface area contributed by atoms with Crippen molar-refractivity contribution < 1.29 is 27.5 Å². The maximum Gasteiger partial charge on any atom is 0.259 e. The summed E-state index contributed by atoms with van der Waals surface area (Å²) in [5.74, 6) is -0.612. The summed E-state index contributed by atoms with van der Waals surface area (Å²) in [5, 5.41) is 5.39. The minimum atomic E-state index is -3.67. The van der Waals surface area contributed by atoms with Crippen LogP contribution in [0.25, 0.3) is 0 Å². The van der Waals surface area contributed by atoms with E-state index in [0.717, 1.165) is 0 Å². The Morgan fingerprint density at radius 1 is 1.09 bits per heavy atom. The van der Waals surface area contributed by atoms with E-state index >= 15 is 0 Å². The average molecular weight is 484 g/mol. The quantitative estimate of drug-likeness (QED) is 0.421. The van der Waals surface area contributed by atoms with Gasteiger partial charge in [0.15, 0.2) is 0 Å². The Balaban J connectivity index is 2.09. The van der Waals surface area contributed by atoms with E-state index in [1.54, 1.807) is 0 Å². The van der Waals surface area contributed by atoms with Gasteiger partial charge in [-0.25, -0.2) is 13.1 Å². The fourth-order valence-electron chi connectivity index (χ4n) is 2.71. The molecule has 0 unspecified atom stereocenters. The van der Waals surface area contributed by atoms with E-state index in [2.05, 4.69) is 15.4 Å². The van der Waals surface area contributed by atoms with Crippen LogP contribution in [0.4, 0.5) is 11.4 Å². The van der Waals surface area contributed by atoms with Gasteiger partial charge in [0.2, 0.25) is 15.9 Å². The Bertz CT molecular complexity index is 1060. The van der Waals surface area contributed by atoms with Crippen molar-refractivity contribution in [3.05, 3.63) is 47.0 Å². The molecule has 3 N–H and O–H groups in total. The molecule has 2 aromatic carbocycles. The third-order valence-electron chi connectivity index (χ3n) is 4.23. The highest BCUT2D eigenvalue weighted by Crippen LogP contribution is 2.31. The fourth-order valence-corrected chi connectivity index (χ4v) is 3.99. The van der Waals surface area contributed by atoms with Gasteiger partial charge < -0.3 is 20.1 Å². The van der Waals surface area contributed by atoms with Crippen LogP contribution in [0.5, 0.6) is 5.75 Å². The molecule has 2 rings (SSSR count). The van der Waals surface area contributed by atoms with Crippen molar-refractivity contribution in [1.82, 2.24) is 4.72 Å². The first-order valence-corrected chi connectivity index (χ1v) is 11.7. The number of ether oxygens (including phenoxy) is 2. The molecule has 0 aliphatic heterocycles. The van der Waals surface area contributed by atoms with Crippen LogP contribution in [0, 0.1) is 0 Å². The van der Waals surface area contributed by atoms with Gasteiger partial charge in [-0.2, -0.15) is 0 Å². The van der Waals surface area contributed by atoms with E-state index in [0.29, 0.717) is 31.0 Å². The van der Waals surface area contributed by atoms with Gasteiger partial charge in [0.25, 0.3) is 5.91 Å². The van der Waals surface area contributed by atoms with E-state index in [4.69, 9.17) is 21.1 Å². The van der Waals surface area contributed by atoms with Crippen molar-refractivity contribution in [3.63, 3.8) is 0 Å². The van der Waals surface area contributed by atoms with Crippen molar-refractivity contribution in [2.24, 2.45) is 0 Å². The third kappa shape index (κ3) is 7.20. The number of methoxy groups -OCH3 is 1. The fraction of sp³-hybridized carbons (Fsp3) is 0.333. The van der Waals surface area contributed by atoms with Crippen molar-refractivity contribution in [2.45, 2.75) is 25.2 Å². The maximum absolute atomic E-state index is 12.7. The number of anilines is 2. The zero-order chi connectivity index (χ0) is 23.7. The lowest BCUT2D eigenvalue weighted by atomic mass is 10.1. The van der Waals surface area contributed by atoms with Crippen LogP contribution in [0.15, 0.2) is 41.3 Å². The lowest BCUT2D eigenvalue weighted by Crippen LogP contribution is -2.25. The monoisotopic (exact) mass is 483 g/mol. The number of hydrogen-bond donors (Lipinski definition) is 3. The Hall–Kier alpha value is -2.66. The predicted molar refractivity (Wildman–Crippen MR) is 123 cm³/mol. The van der Waals surface area contributed by atoms with Crippen molar-refractivity contribution in [3.8, 4) is 5.75 Å². The number of benzene rings is 2. The molecule has 174 valence electrons. The molecular weight excluding hydrogens is 458 g/mol. The van der Waals surface area contributed by atoms with Gasteiger partial charge in [-0.15, -0.1) is 0 Å². The Morgan fingerprint density at radius 2 is 1.78 bits per heavy atom. The molecule has 0 aromatic heterocycles. The average Bonchev–Trinajstić information content (AvgIpc) is 2.74. The number of sulfonamides is 1. The number of hydrogen-bond acceptors (Lipinski definition) is 6. The standard InChI is InChI=1S/C21H26ClN3O6S/c1-4-31-11-5-10-23-32(28,29)16-8-6-15(7-9-16)25-21(27)17-12-18(22)19(24-14(2)26)13-20(17)30-3/h6-9,12-13,23H,4-5,10-11H2,1-3H3,(H,24,26)(H,25,27). The minimum Gasteiger partial charge on any atom is -0.496 e. The number of carbonyl (C=O) groups is 2. The van der Waals surface area contributed by atoms with Crippen LogP contribution >= 0.6 is 11.6 Å². The summed E-state index contributed by atoms with van der Waals surface area (Å²) in [6.07, 6.45) is 0.562. The summed E-state index contributed by atoms with van der Waals surface area (Å²) in [5.41, 5.74) is 0.851. The molecule has 0 fully saturated rings. The number of amides is 2. The van der Waals surface area contributed by atoms with Crippen molar-refractivity contribution >= 4 is 44.8 Å². The van der Waals surface area contributed by atoms with E-state index < -0.39 is 15.9 Å². The molecular formula is C21H26ClN3O6S. The molecule has 2 amide bonds. The molecule has 0 atom stereocenters. The summed E-state index contributed by atoms with van der Waals surface area (Å²) in [4.78, 5) is 24.1. The molecule has 0 radical (unpaired) electrons. The van der Waals surface area contributed by atoms with Crippen LogP contribution in [0.1, 0.15) is 30.6 Å². The molecule has 32 heavy (non-hydrogen) atoms. The second kappa shape index (κ2) is 11.8. The van der Waals surface area contributed by atoms with Crippen molar-refractivity contribution in [1.29, 1.82) is 0 Å². The summed E-state index contributed by atoms with van der Waals surface area (Å²) < 4.78 is 37.6. The first kappa shape index (κ1) is 25.6. The lowest BCUT2D eigenvalue weighted by molar-refractivity contribution is -0.114. The van der Waals surface area contributed by atoms with E-state index in [9.17, 15) is 18.0 Å². The molecule has 0 saturated heterocycles. The van der Waals surface area contributed by atoms with Crippen LogP contribution < -0.4 is 20.1 Å². The number of carbonyl (C=O) groups excluding carboxylic acids is 2. The predicted octanol–water partition coefficient (Wildman–Crippen LogP) is 3.26. The second-order valence-corrected chi connectivity index (χ2v) is 8.81. The van der Waals surface area contributed by atoms with Crippen LogP contribution in [0.3, 0.4) is 0 Å². The molecule has 11 heteroatoms. The topological polar surface area (TPSA) is 123 Å². The molecule has 0 aliphatic rings. The molecule has 2 aromatic rings. The number of rotatable bonds is 11. The molecule has 9 nitrogen and oxygen atoms in total. The molecule has 0 heterocycles. The van der Waals surface area contributed by atoms with Crippen LogP contribution in [-0.4, -0.2) is 47.1 Å². The highest BCUT2D eigenvalue weighted by atomic mass is 35.5. The molecule has 0 aliphatic carbocycles. The van der Waals surface area contributed by atoms with Gasteiger partial charge in [0, 0.05) is 38.4 Å². The zero-order valence-corrected chi connectivity index (χ0v) is 19.6. The Morgan fingerprint density at radius 3 is 2.38 bits per heavy atom. The molecule has 0 bridgehead atoms. The number of halogens is 1. The molecule has 0 spiro atoms. The Kier molecular flexibility index (Phi) is 9.45. The Labute approximate surface area is 192 Å². The molecule has 0 saturated carbocycles. The third-order valence-corrected chi connectivity index (χ3v) is 6.02. The van der Waals surface area contributed by atoms with Gasteiger partial charge in [0.05, 0.1) is 28.3 Å². The summed E-state index contributed by atoms with van der Waals surface area (Å²) in [7, 11) is -2.28. The number of nitrogens with one attached hydrogen (secondary N) is 3. The first-order valence-electron chi connectivity index (χ1n) is 9.82. The highest BCUT2D eigenvalue weighted by Gasteiger charge is 2.18. The van der Waals surface area contributed by atoms with Gasteiger partial charge in [-0.05, 0) is 43.7 Å². The van der Waals surface area contributed by atoms with Gasteiger partial charge in [-0.3, -0.25) is 9.59 Å². The van der Waals surface area contributed by atoms with Gasteiger partial charge in [0.1, 0.15) is 5.75 Å². The first-order chi connectivity index (χ1) is 15.2. The summed E-state index contributed by atoms with van der Waals surface area (Å²) >= 11 is 6.16. The van der Waals surface area contributed by atoms with E-state index in [1.165, 1.54) is 50.4 Å². The van der Waals surface area contributed by atoms with Crippen molar-refractivity contribution in [2.75, 3.05) is 37.5 Å². The van der Waals surface area contributed by atoms with Crippen LogP contribution in [-0.2, 0) is 19.6 Å². The van der Waals surface area contributed by atoms with E-state index in [-0.39, 0.29) is 33.7 Å². The minimum absolute atomic E-state index is 0.0761. The smallest absolute Gasteiger partial charge is 0.259 e. The lowest BCUT2D eigenvalue weighted by Gasteiger charge is -2.13.